The minimum Gasteiger partial charge on any atom is -0.490 e. The molecule has 1 heterocycles. The van der Waals surface area contributed by atoms with Gasteiger partial charge in [0.05, 0.1) is 17.4 Å². The monoisotopic (exact) mass is 442 g/mol. The van der Waals surface area contributed by atoms with Gasteiger partial charge in [-0.2, -0.15) is 13.2 Å². The molecule has 0 unspecified atom stereocenters. The normalized spacial score (nSPS) is 21.5. The Balaban J connectivity index is 1.21. The predicted octanol–water partition coefficient (Wildman–Crippen LogP) is 6.64. The molecule has 4 nitrogen and oxygen atoms in total. The number of fused-ring (bicyclic) bond motifs is 1. The highest BCUT2D eigenvalue weighted by Gasteiger charge is 2.34. The van der Waals surface area contributed by atoms with E-state index in [-0.39, 0.29) is 23.8 Å². The number of aromatic amines is 1. The summed E-state index contributed by atoms with van der Waals surface area (Å²) in [5, 5.41) is 3.96. The summed E-state index contributed by atoms with van der Waals surface area (Å²) in [6.07, 6.45) is 3.17. The summed E-state index contributed by atoms with van der Waals surface area (Å²) in [6, 6.07) is 11.2. The van der Waals surface area contributed by atoms with Crippen LogP contribution in [-0.4, -0.2) is 17.0 Å². The number of nitrogens with one attached hydrogen (secondary N) is 2. The van der Waals surface area contributed by atoms with Crippen LogP contribution in [0.4, 0.5) is 18.9 Å². The minimum absolute atomic E-state index is 0.0233. The van der Waals surface area contributed by atoms with Crippen molar-refractivity contribution in [2.75, 3.05) is 5.32 Å². The summed E-state index contributed by atoms with van der Waals surface area (Å²) in [5.74, 6) is 1.11. The number of halogens is 3. The van der Waals surface area contributed by atoms with E-state index in [1.165, 1.54) is 0 Å². The van der Waals surface area contributed by atoms with E-state index in [1.54, 1.807) is 12.1 Å². The second kappa shape index (κ2) is 8.19. The number of H-pyrrole nitrogens is 1. The zero-order valence-electron chi connectivity index (χ0n) is 17.5. The molecule has 168 valence electrons. The lowest BCUT2D eigenvalue weighted by Gasteiger charge is -2.35. The molecule has 2 saturated carbocycles. The molecule has 0 spiro atoms. The van der Waals surface area contributed by atoms with Gasteiger partial charge in [-0.15, -0.1) is 0 Å². The molecule has 0 bridgehead atoms. The molecule has 2 aliphatic carbocycles. The summed E-state index contributed by atoms with van der Waals surface area (Å²) >= 11 is 0. The van der Waals surface area contributed by atoms with E-state index in [4.69, 9.17) is 4.74 Å². The van der Waals surface area contributed by atoms with Gasteiger partial charge in [-0.25, -0.2) is 0 Å². The van der Waals surface area contributed by atoms with E-state index in [1.807, 2.05) is 24.4 Å². The lowest BCUT2D eigenvalue weighted by Crippen LogP contribution is -2.32. The van der Waals surface area contributed by atoms with Crippen LogP contribution in [-0.2, 0) is 11.0 Å². The number of rotatable bonds is 5. The molecule has 0 atom stereocenters. The van der Waals surface area contributed by atoms with Gasteiger partial charge in [0.25, 0.3) is 0 Å². The summed E-state index contributed by atoms with van der Waals surface area (Å²) in [6.45, 7) is 0. The van der Waals surface area contributed by atoms with Crippen LogP contribution in [0.2, 0.25) is 0 Å². The van der Waals surface area contributed by atoms with Crippen molar-refractivity contribution in [3.8, 4) is 5.75 Å². The molecule has 7 heteroatoms. The molecule has 2 fully saturated rings. The van der Waals surface area contributed by atoms with E-state index < -0.39 is 11.7 Å². The molecule has 3 aromatic rings. The highest BCUT2D eigenvalue weighted by Crippen LogP contribution is 2.41. The van der Waals surface area contributed by atoms with Crippen LogP contribution in [0.15, 0.2) is 48.7 Å². The fourth-order valence-corrected chi connectivity index (χ4v) is 4.77. The average Bonchev–Trinajstić information content (AvgIpc) is 3.40. The van der Waals surface area contributed by atoms with E-state index >= 15 is 0 Å². The first-order valence-electron chi connectivity index (χ1n) is 11.1. The van der Waals surface area contributed by atoms with Crippen molar-refractivity contribution >= 4 is 22.5 Å². The van der Waals surface area contributed by atoms with E-state index in [0.717, 1.165) is 78.6 Å². The van der Waals surface area contributed by atoms with Crippen molar-refractivity contribution < 1.29 is 22.7 Å². The summed E-state index contributed by atoms with van der Waals surface area (Å²) in [5.41, 5.74) is 1.98. The third-order valence-corrected chi connectivity index (χ3v) is 6.74. The maximum absolute atomic E-state index is 12.7. The fourth-order valence-electron chi connectivity index (χ4n) is 4.77. The third kappa shape index (κ3) is 4.20. The number of carbonyl (C=O) groups excluding carboxylic acids is 1. The number of carbonyl (C=O) groups is 1. The summed E-state index contributed by atoms with van der Waals surface area (Å²) < 4.78 is 44.3. The first-order chi connectivity index (χ1) is 15.4. The highest BCUT2D eigenvalue weighted by atomic mass is 19.4. The van der Waals surface area contributed by atoms with Crippen molar-refractivity contribution in [1.29, 1.82) is 0 Å². The zero-order valence-corrected chi connectivity index (χ0v) is 17.5. The van der Waals surface area contributed by atoms with Crippen LogP contribution in [0.25, 0.3) is 10.9 Å². The SMILES string of the molecule is O=C(Nc1c[nH]c2ccc(OC3CC(c4ccc(C(F)(F)F)cc4)C3)cc12)C1CCCC1. The number of hydrogen-bond acceptors (Lipinski definition) is 2. The van der Waals surface area contributed by atoms with Crippen LogP contribution in [0.5, 0.6) is 5.75 Å². The smallest absolute Gasteiger partial charge is 0.416 e. The highest BCUT2D eigenvalue weighted by molar-refractivity contribution is 6.02. The fraction of sp³-hybridized carbons (Fsp3) is 0.400. The van der Waals surface area contributed by atoms with Gasteiger partial charge in [0, 0.05) is 23.0 Å². The van der Waals surface area contributed by atoms with Crippen LogP contribution < -0.4 is 10.1 Å². The molecule has 0 saturated heterocycles. The van der Waals surface area contributed by atoms with Gasteiger partial charge < -0.3 is 15.0 Å². The van der Waals surface area contributed by atoms with Gasteiger partial charge in [0.1, 0.15) is 5.75 Å². The first-order valence-corrected chi connectivity index (χ1v) is 11.1. The zero-order chi connectivity index (χ0) is 22.3. The van der Waals surface area contributed by atoms with Crippen molar-refractivity contribution in [1.82, 2.24) is 4.98 Å². The molecule has 2 N–H and O–H groups in total. The Bertz CT molecular complexity index is 1110. The number of amides is 1. The topological polar surface area (TPSA) is 54.1 Å². The van der Waals surface area contributed by atoms with Crippen LogP contribution in [0.3, 0.4) is 0 Å². The van der Waals surface area contributed by atoms with Gasteiger partial charge in [-0.3, -0.25) is 4.79 Å². The molecular formula is C25H25F3N2O2. The van der Waals surface area contributed by atoms with E-state index in [9.17, 15) is 18.0 Å². The number of hydrogen-bond donors (Lipinski definition) is 2. The molecule has 5 rings (SSSR count). The molecule has 32 heavy (non-hydrogen) atoms. The van der Waals surface area contributed by atoms with Gasteiger partial charge in [-0.1, -0.05) is 25.0 Å². The molecule has 0 radical (unpaired) electrons. The maximum Gasteiger partial charge on any atom is 0.416 e. The standard InChI is InChI=1S/C25H25F3N2O2/c26-25(27,28)18-7-5-15(6-8-18)17-11-20(12-17)32-19-9-10-22-21(13-19)23(14-29-22)30-24(31)16-3-1-2-4-16/h5-10,13-14,16-17,20,29H,1-4,11-12H2,(H,30,31). The first kappa shape index (κ1) is 20.9. The van der Waals surface area contributed by atoms with Gasteiger partial charge in [0.2, 0.25) is 5.91 Å². The van der Waals surface area contributed by atoms with Gasteiger partial charge >= 0.3 is 6.18 Å². The van der Waals surface area contributed by atoms with Crippen LogP contribution >= 0.6 is 0 Å². The second-order valence-electron chi connectivity index (χ2n) is 8.91. The Kier molecular flexibility index (Phi) is 5.35. The predicted molar refractivity (Wildman–Crippen MR) is 117 cm³/mol. The number of ether oxygens (including phenoxy) is 1. The Morgan fingerprint density at radius 2 is 1.75 bits per heavy atom. The minimum atomic E-state index is -4.31. The molecule has 1 aromatic heterocycles. The van der Waals surface area contributed by atoms with Crippen molar-refractivity contribution in [2.24, 2.45) is 5.92 Å². The Labute approximate surface area is 184 Å². The lowest BCUT2D eigenvalue weighted by molar-refractivity contribution is -0.137. The number of alkyl halides is 3. The lowest BCUT2D eigenvalue weighted by atomic mass is 9.77. The Hall–Kier alpha value is -2.96. The Morgan fingerprint density at radius 1 is 1.03 bits per heavy atom. The van der Waals surface area contributed by atoms with E-state index in [2.05, 4.69) is 10.3 Å². The number of benzene rings is 2. The third-order valence-electron chi connectivity index (χ3n) is 6.74. The average molecular weight is 442 g/mol. The molecule has 2 aliphatic rings. The number of aromatic nitrogens is 1. The molecule has 1 amide bonds. The molecule has 2 aromatic carbocycles. The molecular weight excluding hydrogens is 417 g/mol. The van der Waals surface area contributed by atoms with Crippen LogP contribution in [0.1, 0.15) is 55.6 Å². The largest absolute Gasteiger partial charge is 0.490 e. The van der Waals surface area contributed by atoms with E-state index in [0.29, 0.717) is 0 Å². The van der Waals surface area contributed by atoms with Crippen molar-refractivity contribution in [2.45, 2.75) is 56.7 Å². The Morgan fingerprint density at radius 3 is 2.44 bits per heavy atom. The van der Waals surface area contributed by atoms with Gasteiger partial charge in [-0.05, 0) is 67.5 Å². The van der Waals surface area contributed by atoms with Gasteiger partial charge in [0.15, 0.2) is 0 Å². The number of anilines is 1. The summed E-state index contributed by atoms with van der Waals surface area (Å²) in [4.78, 5) is 15.7. The summed E-state index contributed by atoms with van der Waals surface area (Å²) in [7, 11) is 0. The second-order valence-corrected chi connectivity index (χ2v) is 8.91. The quantitative estimate of drug-likeness (QED) is 0.465. The van der Waals surface area contributed by atoms with Crippen molar-refractivity contribution in [3.63, 3.8) is 0 Å². The van der Waals surface area contributed by atoms with Crippen LogP contribution in [0, 0.1) is 5.92 Å². The van der Waals surface area contributed by atoms with Crippen molar-refractivity contribution in [3.05, 3.63) is 59.8 Å². The molecule has 0 aliphatic heterocycles. The maximum atomic E-state index is 12.7.